The molecule has 3 rings (SSSR count). The van der Waals surface area contributed by atoms with E-state index in [1.807, 2.05) is 0 Å². The van der Waals surface area contributed by atoms with Crippen LogP contribution >= 0.6 is 0 Å². The Bertz CT molecular complexity index is 677. The Balaban J connectivity index is 2.09. The van der Waals surface area contributed by atoms with Gasteiger partial charge in [-0.25, -0.2) is 4.58 Å². The molecule has 0 atom stereocenters. The van der Waals surface area contributed by atoms with Crippen LogP contribution in [0.2, 0.25) is 0 Å². The molecule has 1 heterocycles. The van der Waals surface area contributed by atoms with Crippen LogP contribution < -0.4 is 0 Å². The van der Waals surface area contributed by atoms with E-state index in [0.29, 0.717) is 0 Å². The van der Waals surface area contributed by atoms with Gasteiger partial charge in [0.25, 0.3) is 0 Å². The first-order valence-corrected chi connectivity index (χ1v) is 7.08. The monoisotopic (exact) mass is 250 g/mol. The molecule has 2 aromatic carbocycles. The molecule has 0 fully saturated rings. The molecule has 1 nitrogen and oxygen atoms in total. The number of benzene rings is 2. The van der Waals surface area contributed by atoms with Gasteiger partial charge >= 0.3 is 0 Å². The second-order valence-corrected chi connectivity index (χ2v) is 5.22. The van der Waals surface area contributed by atoms with Crippen molar-refractivity contribution < 1.29 is 4.58 Å². The van der Waals surface area contributed by atoms with Crippen LogP contribution in [0.1, 0.15) is 31.4 Å². The van der Waals surface area contributed by atoms with Gasteiger partial charge < -0.3 is 0 Å². The minimum atomic E-state index is 1.09. The average Bonchev–Trinajstić information content (AvgIpc) is 2.44. The lowest BCUT2D eigenvalue weighted by atomic mass is 9.97. The van der Waals surface area contributed by atoms with E-state index in [1.165, 1.54) is 27.6 Å². The van der Waals surface area contributed by atoms with Gasteiger partial charge in [0.15, 0.2) is 18.5 Å². The highest BCUT2D eigenvalue weighted by molar-refractivity contribution is 5.91. The van der Waals surface area contributed by atoms with Crippen LogP contribution in [0, 0.1) is 0 Å². The fourth-order valence-electron chi connectivity index (χ4n) is 2.81. The third-order valence-corrected chi connectivity index (χ3v) is 3.88. The summed E-state index contributed by atoms with van der Waals surface area (Å²) in [4.78, 5) is 0. The van der Waals surface area contributed by atoms with E-state index in [-0.39, 0.29) is 0 Å². The Morgan fingerprint density at radius 1 is 1.21 bits per heavy atom. The maximum absolute atomic E-state index is 2.38. The molecule has 2 aromatic rings. The molecule has 96 valence electrons. The second kappa shape index (κ2) is 5.00. The van der Waals surface area contributed by atoms with Gasteiger partial charge in [0.2, 0.25) is 0 Å². The first-order valence-electron chi connectivity index (χ1n) is 7.08. The highest BCUT2D eigenvalue weighted by atomic mass is 15.0. The second-order valence-electron chi connectivity index (χ2n) is 5.22. The summed E-state index contributed by atoms with van der Waals surface area (Å²) in [6, 6.07) is 13.3. The molecule has 0 radical (unpaired) electrons. The minimum absolute atomic E-state index is 1.09. The molecule has 1 aliphatic heterocycles. The van der Waals surface area contributed by atoms with Gasteiger partial charge in [-0.2, -0.15) is 0 Å². The molecule has 0 bridgehead atoms. The molecule has 0 spiro atoms. The predicted molar refractivity (Wildman–Crippen MR) is 82.0 cm³/mol. The van der Waals surface area contributed by atoms with E-state index in [1.54, 1.807) is 0 Å². The Morgan fingerprint density at radius 2 is 1.95 bits per heavy atom. The first kappa shape index (κ1) is 12.2. The Morgan fingerprint density at radius 3 is 2.68 bits per heavy atom. The summed E-state index contributed by atoms with van der Waals surface area (Å²) in [5.74, 6) is 0. The van der Waals surface area contributed by atoms with Crippen molar-refractivity contribution in [2.45, 2.75) is 26.7 Å². The molecule has 0 unspecified atom stereocenters. The molecule has 0 N–H and O–H groups in total. The van der Waals surface area contributed by atoms with E-state index in [2.05, 4.69) is 67.1 Å². The maximum Gasteiger partial charge on any atom is 0.176 e. The first-order chi connectivity index (χ1) is 9.28. The predicted octanol–water partition coefficient (Wildman–Crippen LogP) is 4.14. The lowest BCUT2D eigenvalue weighted by Gasteiger charge is -2.13. The summed E-state index contributed by atoms with van der Waals surface area (Å²) >= 11 is 0. The molecule has 0 aromatic heterocycles. The Kier molecular flexibility index (Phi) is 3.20. The summed E-state index contributed by atoms with van der Waals surface area (Å²) in [7, 11) is 0. The van der Waals surface area contributed by atoms with Crippen molar-refractivity contribution in [3.8, 4) is 0 Å². The third-order valence-electron chi connectivity index (χ3n) is 3.88. The van der Waals surface area contributed by atoms with Crippen LogP contribution in [-0.2, 0) is 6.42 Å². The van der Waals surface area contributed by atoms with Crippen LogP contribution in [0.4, 0.5) is 0 Å². The molecular weight excluding hydrogens is 230 g/mol. The SMILES string of the molecule is CCC=C(C)[N+]1=Cc2cc3ccccc3cc2CC1. The van der Waals surface area contributed by atoms with Crippen LogP contribution in [0.25, 0.3) is 10.8 Å². The van der Waals surface area contributed by atoms with Crippen molar-refractivity contribution in [1.29, 1.82) is 0 Å². The summed E-state index contributed by atoms with van der Waals surface area (Å²) in [6.07, 6.45) is 6.82. The maximum atomic E-state index is 2.38. The molecule has 0 saturated heterocycles. The Labute approximate surface area is 114 Å². The van der Waals surface area contributed by atoms with E-state index < -0.39 is 0 Å². The molecular formula is C18H20N+. The lowest BCUT2D eigenvalue weighted by Crippen LogP contribution is -2.21. The molecule has 0 saturated carbocycles. The summed E-state index contributed by atoms with van der Waals surface area (Å²) in [6.45, 7) is 5.48. The standard InChI is InChI=1S/C18H20N/c1-3-6-14(2)19-10-9-17-11-15-7-4-5-8-16(15)12-18(17)13-19/h4-8,11-13H,3,9-10H2,1-2H3/q+1. The highest BCUT2D eigenvalue weighted by Gasteiger charge is 2.17. The van der Waals surface area contributed by atoms with Crippen LogP contribution in [0.5, 0.6) is 0 Å². The number of hydrogen-bond donors (Lipinski definition) is 0. The van der Waals surface area contributed by atoms with Crippen LogP contribution in [0.15, 0.2) is 48.2 Å². The summed E-state index contributed by atoms with van der Waals surface area (Å²) < 4.78 is 2.38. The van der Waals surface area contributed by atoms with E-state index in [9.17, 15) is 0 Å². The minimum Gasteiger partial charge on any atom is -0.202 e. The van der Waals surface area contributed by atoms with Gasteiger partial charge in [-0.05, 0) is 34.9 Å². The normalized spacial score (nSPS) is 15.3. The quantitative estimate of drug-likeness (QED) is 0.705. The summed E-state index contributed by atoms with van der Waals surface area (Å²) in [5, 5.41) is 2.68. The van der Waals surface area contributed by atoms with Gasteiger partial charge in [-0.3, -0.25) is 0 Å². The van der Waals surface area contributed by atoms with Crippen molar-refractivity contribution in [2.75, 3.05) is 6.54 Å². The zero-order valence-electron chi connectivity index (χ0n) is 11.7. The Hall–Kier alpha value is -1.89. The third kappa shape index (κ3) is 2.33. The highest BCUT2D eigenvalue weighted by Crippen LogP contribution is 2.22. The van der Waals surface area contributed by atoms with Crippen molar-refractivity contribution in [1.82, 2.24) is 0 Å². The van der Waals surface area contributed by atoms with E-state index in [4.69, 9.17) is 0 Å². The van der Waals surface area contributed by atoms with Gasteiger partial charge in [-0.1, -0.05) is 37.3 Å². The number of fused-ring (bicyclic) bond motifs is 2. The van der Waals surface area contributed by atoms with E-state index >= 15 is 0 Å². The van der Waals surface area contributed by atoms with Crippen molar-refractivity contribution in [2.24, 2.45) is 0 Å². The van der Waals surface area contributed by atoms with Gasteiger partial charge in [-0.15, -0.1) is 0 Å². The lowest BCUT2D eigenvalue weighted by molar-refractivity contribution is -0.472. The molecule has 0 aliphatic carbocycles. The number of hydrogen-bond acceptors (Lipinski definition) is 0. The molecule has 19 heavy (non-hydrogen) atoms. The topological polar surface area (TPSA) is 3.01 Å². The fourth-order valence-corrected chi connectivity index (χ4v) is 2.81. The average molecular weight is 250 g/mol. The van der Waals surface area contributed by atoms with E-state index in [0.717, 1.165) is 19.4 Å². The van der Waals surface area contributed by atoms with Crippen LogP contribution in [-0.4, -0.2) is 17.3 Å². The smallest absolute Gasteiger partial charge is 0.176 e. The van der Waals surface area contributed by atoms with Gasteiger partial charge in [0.05, 0.1) is 0 Å². The van der Waals surface area contributed by atoms with Crippen molar-refractivity contribution in [3.63, 3.8) is 0 Å². The zero-order chi connectivity index (χ0) is 13.2. The molecule has 1 aliphatic rings. The fraction of sp³-hybridized carbons (Fsp3) is 0.278. The van der Waals surface area contributed by atoms with Gasteiger partial charge in [0.1, 0.15) is 0 Å². The molecule has 0 amide bonds. The van der Waals surface area contributed by atoms with Crippen molar-refractivity contribution in [3.05, 3.63) is 59.3 Å². The number of rotatable bonds is 2. The zero-order valence-corrected chi connectivity index (χ0v) is 11.7. The largest absolute Gasteiger partial charge is 0.202 e. The van der Waals surface area contributed by atoms with Crippen molar-refractivity contribution >= 4 is 17.0 Å². The van der Waals surface area contributed by atoms with Crippen LogP contribution in [0.3, 0.4) is 0 Å². The number of nitrogens with zero attached hydrogens (tertiary/aromatic N) is 1. The van der Waals surface area contributed by atoms with Gasteiger partial charge in [0, 0.05) is 18.9 Å². The molecule has 1 heteroatoms. The summed E-state index contributed by atoms with van der Waals surface area (Å²) in [5.41, 5.74) is 4.20. The number of allylic oxidation sites excluding steroid dienone is 2.